The first-order valence-electron chi connectivity index (χ1n) is 21.8. The van der Waals surface area contributed by atoms with Gasteiger partial charge >= 0.3 is 0 Å². The van der Waals surface area contributed by atoms with E-state index < -0.39 is 0 Å². The fourth-order valence-electron chi connectivity index (χ4n) is 6.45. The smallest absolute Gasteiger partial charge is 0.217 e. The summed E-state index contributed by atoms with van der Waals surface area (Å²) in [4.78, 5) is 21.2. The predicted molar refractivity (Wildman–Crippen MR) is 214 cm³/mol. The molecule has 0 radical (unpaired) electrons. The molecule has 0 aliphatic heterocycles. The SMILES string of the molecule is CCCCCCCC/C=C\CCCCCCCCCCCC(N)=O.CCCCCCCCCCCCCCCCCCCCCC(N)=O. The van der Waals surface area contributed by atoms with E-state index in [0.29, 0.717) is 12.8 Å². The van der Waals surface area contributed by atoms with E-state index in [-0.39, 0.29) is 11.8 Å². The molecule has 0 unspecified atom stereocenters. The largest absolute Gasteiger partial charge is 0.370 e. The minimum Gasteiger partial charge on any atom is -0.370 e. The summed E-state index contributed by atoms with van der Waals surface area (Å²) in [5, 5.41) is 0. The molecule has 0 atom stereocenters. The molecule has 0 aromatic rings. The summed E-state index contributed by atoms with van der Waals surface area (Å²) in [5.74, 6) is -0.307. The zero-order valence-electron chi connectivity index (χ0n) is 33.0. The van der Waals surface area contributed by atoms with Gasteiger partial charge in [-0.05, 0) is 38.5 Å². The molecule has 0 saturated heterocycles. The van der Waals surface area contributed by atoms with Gasteiger partial charge in [-0.25, -0.2) is 0 Å². The highest BCUT2D eigenvalue weighted by molar-refractivity contribution is 5.73. The molecule has 2 amide bonds. The second-order valence-electron chi connectivity index (χ2n) is 14.8. The van der Waals surface area contributed by atoms with Crippen LogP contribution in [-0.2, 0) is 9.59 Å². The molecule has 4 N–H and O–H groups in total. The maximum absolute atomic E-state index is 10.6. The fraction of sp³-hybridized carbons (Fsp3) is 0.909. The van der Waals surface area contributed by atoms with E-state index in [9.17, 15) is 9.59 Å². The van der Waals surface area contributed by atoms with E-state index >= 15 is 0 Å². The van der Waals surface area contributed by atoms with Crippen LogP contribution in [0, 0.1) is 0 Å². The van der Waals surface area contributed by atoms with E-state index in [2.05, 4.69) is 26.0 Å². The monoisotopic (exact) mass is 677 g/mol. The molecule has 0 bridgehead atoms. The Hall–Kier alpha value is -1.32. The molecule has 0 aliphatic rings. The van der Waals surface area contributed by atoms with Crippen molar-refractivity contribution in [2.75, 3.05) is 0 Å². The summed E-state index contributed by atoms with van der Waals surface area (Å²) in [6.07, 6.45) is 54.6. The van der Waals surface area contributed by atoms with E-state index in [4.69, 9.17) is 11.5 Å². The Morgan fingerprint density at radius 1 is 0.312 bits per heavy atom. The molecular formula is C44H88N2O2. The fourth-order valence-corrected chi connectivity index (χ4v) is 6.45. The molecule has 0 heterocycles. The molecule has 0 spiro atoms. The van der Waals surface area contributed by atoms with Crippen LogP contribution in [-0.4, -0.2) is 11.8 Å². The van der Waals surface area contributed by atoms with Crippen LogP contribution in [0.2, 0.25) is 0 Å². The number of amides is 2. The van der Waals surface area contributed by atoms with Crippen molar-refractivity contribution in [3.63, 3.8) is 0 Å². The molecular weight excluding hydrogens is 588 g/mol. The lowest BCUT2D eigenvalue weighted by atomic mass is 10.0. The first-order chi connectivity index (χ1) is 23.5. The summed E-state index contributed by atoms with van der Waals surface area (Å²) in [6, 6.07) is 0. The van der Waals surface area contributed by atoms with Gasteiger partial charge < -0.3 is 11.5 Å². The van der Waals surface area contributed by atoms with Gasteiger partial charge in [0.15, 0.2) is 0 Å². The van der Waals surface area contributed by atoms with Crippen LogP contribution in [0.15, 0.2) is 12.2 Å². The van der Waals surface area contributed by atoms with Gasteiger partial charge in [-0.3, -0.25) is 9.59 Å². The number of hydrogen-bond acceptors (Lipinski definition) is 2. The van der Waals surface area contributed by atoms with E-state index in [1.807, 2.05) is 0 Å². The van der Waals surface area contributed by atoms with Crippen molar-refractivity contribution >= 4 is 11.8 Å². The average molecular weight is 677 g/mol. The van der Waals surface area contributed by atoms with Crippen LogP contribution >= 0.6 is 0 Å². The molecule has 0 aromatic carbocycles. The standard InChI is InChI=1S/C22H45NO.C22H43NO/c2*1-2-3-4-5-6-7-8-9-10-11-12-13-14-15-16-17-18-19-20-21-22(23)24/h2-21H2,1H3,(H2,23,24);9-10H,2-8,11-21H2,1H3,(H2,23,24)/b;10-9-. The first-order valence-corrected chi connectivity index (χ1v) is 21.8. The molecule has 0 aliphatic carbocycles. The molecule has 48 heavy (non-hydrogen) atoms. The lowest BCUT2D eigenvalue weighted by molar-refractivity contribution is -0.119. The maximum Gasteiger partial charge on any atom is 0.217 e. The molecule has 0 aromatic heterocycles. The van der Waals surface area contributed by atoms with Crippen molar-refractivity contribution in [2.45, 2.75) is 258 Å². The number of carbonyl (C=O) groups excluding carboxylic acids is 2. The van der Waals surface area contributed by atoms with Crippen molar-refractivity contribution in [1.29, 1.82) is 0 Å². The van der Waals surface area contributed by atoms with Crippen molar-refractivity contribution in [3.05, 3.63) is 12.2 Å². The molecule has 0 fully saturated rings. The van der Waals surface area contributed by atoms with E-state index in [1.54, 1.807) is 0 Å². The van der Waals surface area contributed by atoms with Gasteiger partial charge in [0.2, 0.25) is 11.8 Å². The average Bonchev–Trinajstić information content (AvgIpc) is 3.07. The Kier molecular flexibility index (Phi) is 46.4. The summed E-state index contributed by atoms with van der Waals surface area (Å²) < 4.78 is 0. The molecule has 4 nitrogen and oxygen atoms in total. The van der Waals surface area contributed by atoms with Crippen LogP contribution in [0.3, 0.4) is 0 Å². The van der Waals surface area contributed by atoms with Gasteiger partial charge in [0.25, 0.3) is 0 Å². The lowest BCUT2D eigenvalue weighted by Gasteiger charge is -2.03. The van der Waals surface area contributed by atoms with Gasteiger partial charge in [0, 0.05) is 12.8 Å². The van der Waals surface area contributed by atoms with Crippen LogP contribution in [0.25, 0.3) is 0 Å². The quantitative estimate of drug-likeness (QED) is 0.0501. The summed E-state index contributed by atoms with van der Waals surface area (Å²) in [5.41, 5.74) is 10.3. The molecule has 4 heteroatoms. The molecule has 0 rings (SSSR count). The van der Waals surface area contributed by atoms with Crippen LogP contribution < -0.4 is 11.5 Å². The van der Waals surface area contributed by atoms with E-state index in [1.165, 1.54) is 212 Å². The third-order valence-electron chi connectivity index (χ3n) is 9.71. The first kappa shape index (κ1) is 48.8. The van der Waals surface area contributed by atoms with Crippen molar-refractivity contribution in [2.24, 2.45) is 11.5 Å². The number of carbonyl (C=O) groups is 2. The highest BCUT2D eigenvalue weighted by Crippen LogP contribution is 2.15. The second-order valence-corrected chi connectivity index (χ2v) is 14.8. The Morgan fingerprint density at radius 2 is 0.500 bits per heavy atom. The Morgan fingerprint density at radius 3 is 0.708 bits per heavy atom. The number of nitrogens with two attached hydrogens (primary N) is 2. The van der Waals surface area contributed by atoms with Crippen molar-refractivity contribution in [1.82, 2.24) is 0 Å². The van der Waals surface area contributed by atoms with Gasteiger partial charge in [0.05, 0.1) is 0 Å². The molecule has 0 saturated carbocycles. The van der Waals surface area contributed by atoms with Crippen molar-refractivity contribution < 1.29 is 9.59 Å². The Balaban J connectivity index is 0. The highest BCUT2D eigenvalue weighted by Gasteiger charge is 1.98. The lowest BCUT2D eigenvalue weighted by Crippen LogP contribution is -2.09. The van der Waals surface area contributed by atoms with Gasteiger partial charge in [-0.2, -0.15) is 0 Å². The maximum atomic E-state index is 10.6. The highest BCUT2D eigenvalue weighted by atomic mass is 16.1. The third kappa shape index (κ3) is 51.5. The Bertz CT molecular complexity index is 648. The summed E-state index contributed by atoms with van der Waals surface area (Å²) in [7, 11) is 0. The number of primary amides is 2. The van der Waals surface area contributed by atoms with Crippen molar-refractivity contribution in [3.8, 4) is 0 Å². The number of unbranched alkanes of at least 4 members (excludes halogenated alkanes) is 33. The third-order valence-corrected chi connectivity index (χ3v) is 9.71. The van der Waals surface area contributed by atoms with Crippen LogP contribution in [0.4, 0.5) is 0 Å². The van der Waals surface area contributed by atoms with Gasteiger partial charge in [-0.15, -0.1) is 0 Å². The van der Waals surface area contributed by atoms with Crippen LogP contribution in [0.1, 0.15) is 258 Å². The topological polar surface area (TPSA) is 86.2 Å². The second kappa shape index (κ2) is 45.7. The Labute approximate surface area is 302 Å². The van der Waals surface area contributed by atoms with Crippen LogP contribution in [0.5, 0.6) is 0 Å². The summed E-state index contributed by atoms with van der Waals surface area (Å²) in [6.45, 7) is 4.56. The zero-order chi connectivity index (χ0) is 35.4. The normalized spacial score (nSPS) is 11.2. The summed E-state index contributed by atoms with van der Waals surface area (Å²) >= 11 is 0. The minimum atomic E-state index is -0.156. The predicted octanol–water partition coefficient (Wildman–Crippen LogP) is 14.4. The number of hydrogen-bond donors (Lipinski definition) is 2. The van der Waals surface area contributed by atoms with Gasteiger partial charge in [-0.1, -0.05) is 219 Å². The van der Waals surface area contributed by atoms with Gasteiger partial charge in [0.1, 0.15) is 0 Å². The van der Waals surface area contributed by atoms with E-state index in [0.717, 1.165) is 19.3 Å². The minimum absolute atomic E-state index is 0.151. The zero-order valence-corrected chi connectivity index (χ0v) is 33.0. The molecule has 286 valence electrons. The number of allylic oxidation sites excluding steroid dienone is 2. The number of rotatable bonds is 39.